The molecule has 1 N–H and O–H groups in total. The highest BCUT2D eigenvalue weighted by atomic mass is 35.5. The molecule has 0 radical (unpaired) electrons. The van der Waals surface area contributed by atoms with Gasteiger partial charge in [0.2, 0.25) is 5.91 Å². The van der Waals surface area contributed by atoms with Crippen LogP contribution in [0.3, 0.4) is 0 Å². The third kappa shape index (κ3) is 6.25. The van der Waals surface area contributed by atoms with E-state index < -0.39 is 0 Å². The molecule has 118 valence electrons. The van der Waals surface area contributed by atoms with E-state index in [1.807, 2.05) is 0 Å². The quantitative estimate of drug-likeness (QED) is 0.825. The molecule has 0 unspecified atom stereocenters. The molecule has 0 bridgehead atoms. The molecule has 0 aliphatic rings. The van der Waals surface area contributed by atoms with Gasteiger partial charge >= 0.3 is 0 Å². The first-order valence-corrected chi connectivity index (χ1v) is 8.03. The first kappa shape index (κ1) is 18.3. The van der Waals surface area contributed by atoms with Crippen LogP contribution in [0.4, 0.5) is 0 Å². The summed E-state index contributed by atoms with van der Waals surface area (Å²) >= 11 is 11.9. The molecule has 1 aromatic rings. The molecule has 1 aromatic carbocycles. The van der Waals surface area contributed by atoms with Crippen LogP contribution in [0.25, 0.3) is 0 Å². The first-order chi connectivity index (χ1) is 9.81. The van der Waals surface area contributed by atoms with Gasteiger partial charge in [-0.2, -0.15) is 0 Å². The zero-order chi connectivity index (χ0) is 16.0. The molecule has 0 saturated heterocycles. The fraction of sp³-hybridized carbons (Fsp3) is 0.562. The number of carbonyl (C=O) groups is 1. The molecule has 0 saturated carbocycles. The van der Waals surface area contributed by atoms with Crippen molar-refractivity contribution in [2.45, 2.75) is 46.2 Å². The first-order valence-electron chi connectivity index (χ1n) is 7.27. The summed E-state index contributed by atoms with van der Waals surface area (Å²) in [4.78, 5) is 14.3. The van der Waals surface area contributed by atoms with Gasteiger partial charge in [-0.05, 0) is 45.4 Å². The van der Waals surface area contributed by atoms with Gasteiger partial charge in [0.05, 0.1) is 6.42 Å². The summed E-state index contributed by atoms with van der Waals surface area (Å²) in [6.07, 6.45) is 0.277. The van der Waals surface area contributed by atoms with Crippen LogP contribution in [0.5, 0.6) is 0 Å². The van der Waals surface area contributed by atoms with E-state index in [-0.39, 0.29) is 12.3 Å². The largest absolute Gasteiger partial charge is 0.355 e. The topological polar surface area (TPSA) is 32.3 Å². The molecule has 5 heteroatoms. The molecule has 0 heterocycles. The number of nitrogens with one attached hydrogen (secondary N) is 1. The number of benzene rings is 1. The highest BCUT2D eigenvalue weighted by Gasteiger charge is 2.13. The minimum absolute atomic E-state index is 0.0216. The zero-order valence-electron chi connectivity index (χ0n) is 13.1. The zero-order valence-corrected chi connectivity index (χ0v) is 14.6. The van der Waals surface area contributed by atoms with Crippen molar-refractivity contribution in [2.75, 3.05) is 13.1 Å². The Bertz CT molecular complexity index is 467. The Balaban J connectivity index is 2.44. The number of nitrogens with zero attached hydrogens (tertiary/aromatic N) is 1. The maximum atomic E-state index is 11.9. The summed E-state index contributed by atoms with van der Waals surface area (Å²) in [6.45, 7) is 10.1. The van der Waals surface area contributed by atoms with E-state index in [4.69, 9.17) is 23.2 Å². The average molecular weight is 331 g/mol. The van der Waals surface area contributed by atoms with Crippen molar-refractivity contribution in [3.63, 3.8) is 0 Å². The Morgan fingerprint density at radius 2 is 1.81 bits per heavy atom. The van der Waals surface area contributed by atoms with Crippen molar-refractivity contribution in [3.8, 4) is 0 Å². The summed E-state index contributed by atoms with van der Waals surface area (Å²) < 4.78 is 0. The van der Waals surface area contributed by atoms with Crippen molar-refractivity contribution in [1.29, 1.82) is 0 Å². The second-order valence-electron chi connectivity index (χ2n) is 5.69. The second kappa shape index (κ2) is 8.62. The molecular weight excluding hydrogens is 307 g/mol. The lowest BCUT2D eigenvalue weighted by Crippen LogP contribution is -2.42. The maximum absolute atomic E-state index is 11.9. The van der Waals surface area contributed by atoms with E-state index >= 15 is 0 Å². The van der Waals surface area contributed by atoms with E-state index in [0.717, 1.165) is 12.1 Å². The monoisotopic (exact) mass is 330 g/mol. The number of halogens is 2. The van der Waals surface area contributed by atoms with Gasteiger partial charge in [-0.15, -0.1) is 0 Å². The SMILES string of the molecule is CC(C)N(CCNC(=O)Cc1ccc(Cl)cc1Cl)C(C)C. The van der Waals surface area contributed by atoms with Gasteiger partial charge in [0.1, 0.15) is 0 Å². The van der Waals surface area contributed by atoms with Crippen molar-refractivity contribution in [2.24, 2.45) is 0 Å². The molecule has 1 rings (SSSR count). The van der Waals surface area contributed by atoms with Crippen LogP contribution in [0, 0.1) is 0 Å². The van der Waals surface area contributed by atoms with Crippen LogP contribution >= 0.6 is 23.2 Å². The van der Waals surface area contributed by atoms with E-state index in [0.29, 0.717) is 28.7 Å². The molecule has 0 atom stereocenters. The van der Waals surface area contributed by atoms with Crippen LogP contribution < -0.4 is 5.32 Å². The Morgan fingerprint density at radius 3 is 2.33 bits per heavy atom. The van der Waals surface area contributed by atoms with E-state index in [1.54, 1.807) is 18.2 Å². The third-order valence-corrected chi connectivity index (χ3v) is 3.97. The number of hydrogen-bond acceptors (Lipinski definition) is 2. The lowest BCUT2D eigenvalue weighted by Gasteiger charge is -2.30. The van der Waals surface area contributed by atoms with Gasteiger partial charge in [-0.1, -0.05) is 29.3 Å². The Hall–Kier alpha value is -0.770. The maximum Gasteiger partial charge on any atom is 0.224 e. The predicted octanol–water partition coefficient (Wildman–Crippen LogP) is 3.77. The van der Waals surface area contributed by atoms with Gasteiger partial charge in [0.25, 0.3) is 0 Å². The molecule has 0 aliphatic heterocycles. The van der Waals surface area contributed by atoms with Crippen molar-refractivity contribution < 1.29 is 4.79 Å². The average Bonchev–Trinajstić information content (AvgIpc) is 2.37. The summed E-state index contributed by atoms with van der Waals surface area (Å²) in [6, 6.07) is 6.12. The molecule has 1 amide bonds. The van der Waals surface area contributed by atoms with Crippen molar-refractivity contribution in [3.05, 3.63) is 33.8 Å². The Labute approximate surface area is 137 Å². The molecule has 0 aliphatic carbocycles. The highest BCUT2D eigenvalue weighted by molar-refractivity contribution is 6.35. The van der Waals surface area contributed by atoms with Gasteiger partial charge in [0, 0.05) is 35.2 Å². The molecular formula is C16H24Cl2N2O. The number of rotatable bonds is 7. The fourth-order valence-corrected chi connectivity index (χ4v) is 2.81. The lowest BCUT2D eigenvalue weighted by molar-refractivity contribution is -0.120. The lowest BCUT2D eigenvalue weighted by atomic mass is 10.1. The van der Waals surface area contributed by atoms with Crippen molar-refractivity contribution >= 4 is 29.1 Å². The summed E-state index contributed by atoms with van der Waals surface area (Å²) in [5.74, 6) is -0.0216. The molecule has 0 aromatic heterocycles. The normalized spacial score (nSPS) is 11.5. The number of hydrogen-bond donors (Lipinski definition) is 1. The minimum atomic E-state index is -0.0216. The van der Waals surface area contributed by atoms with E-state index in [1.165, 1.54) is 0 Å². The van der Waals surface area contributed by atoms with Crippen molar-refractivity contribution in [1.82, 2.24) is 10.2 Å². The van der Waals surface area contributed by atoms with E-state index in [9.17, 15) is 4.79 Å². The Kier molecular flexibility index (Phi) is 7.50. The number of carbonyl (C=O) groups excluding carboxylic acids is 1. The van der Waals surface area contributed by atoms with Crippen LogP contribution in [0.2, 0.25) is 10.0 Å². The van der Waals surface area contributed by atoms with Crippen LogP contribution in [-0.4, -0.2) is 36.0 Å². The summed E-state index contributed by atoms with van der Waals surface area (Å²) in [5, 5.41) is 4.05. The van der Waals surface area contributed by atoms with Crippen LogP contribution in [0.1, 0.15) is 33.3 Å². The molecule has 3 nitrogen and oxygen atoms in total. The molecule has 21 heavy (non-hydrogen) atoms. The minimum Gasteiger partial charge on any atom is -0.355 e. The van der Waals surface area contributed by atoms with Gasteiger partial charge in [0.15, 0.2) is 0 Å². The molecule has 0 spiro atoms. The highest BCUT2D eigenvalue weighted by Crippen LogP contribution is 2.21. The van der Waals surface area contributed by atoms with Crippen LogP contribution in [0.15, 0.2) is 18.2 Å². The second-order valence-corrected chi connectivity index (χ2v) is 6.53. The summed E-state index contributed by atoms with van der Waals surface area (Å²) in [5.41, 5.74) is 0.795. The van der Waals surface area contributed by atoms with Gasteiger partial charge < -0.3 is 5.32 Å². The fourth-order valence-electron chi connectivity index (χ4n) is 2.34. The summed E-state index contributed by atoms with van der Waals surface area (Å²) in [7, 11) is 0. The molecule has 0 fully saturated rings. The predicted molar refractivity (Wildman–Crippen MR) is 90.2 cm³/mol. The number of amides is 1. The van der Waals surface area contributed by atoms with E-state index in [2.05, 4.69) is 37.9 Å². The third-order valence-electron chi connectivity index (χ3n) is 3.38. The van der Waals surface area contributed by atoms with Gasteiger partial charge in [-0.3, -0.25) is 9.69 Å². The van der Waals surface area contributed by atoms with Gasteiger partial charge in [-0.25, -0.2) is 0 Å². The smallest absolute Gasteiger partial charge is 0.224 e. The standard InChI is InChI=1S/C16H24Cl2N2O/c1-11(2)20(12(3)4)8-7-19-16(21)9-13-5-6-14(17)10-15(13)18/h5-6,10-12H,7-9H2,1-4H3,(H,19,21). The Morgan fingerprint density at radius 1 is 1.19 bits per heavy atom. The van der Waals surface area contributed by atoms with Crippen LogP contribution in [-0.2, 0) is 11.2 Å².